The SMILES string of the molecule is COc1ccc(-c2nnn(CC(=O)N(C3CCCC3)[C@H](C(=O)NC3CCCC3)c3ccncc3)n2)cc1. The van der Waals surface area contributed by atoms with E-state index in [1.165, 1.54) is 4.80 Å². The number of amides is 2. The summed E-state index contributed by atoms with van der Waals surface area (Å²) < 4.78 is 5.21. The van der Waals surface area contributed by atoms with Gasteiger partial charge in [-0.05, 0) is 72.9 Å². The third-order valence-corrected chi connectivity index (χ3v) is 7.33. The predicted octanol–water partition coefficient (Wildman–Crippen LogP) is 3.32. The molecular formula is C27H33N7O3. The standard InChI is InChI=1S/C27H33N7O3/c1-37-23-12-10-20(11-13-23)26-30-32-33(31-26)18-24(35)34(22-8-4-5-9-22)25(19-14-16-28-17-15-19)27(36)29-21-6-2-3-7-21/h10-17,21-22,25H,2-9,18H2,1H3,(H,29,36)/t25-/m0/s1. The highest BCUT2D eigenvalue weighted by Gasteiger charge is 2.38. The molecule has 0 spiro atoms. The Morgan fingerprint density at radius 1 is 1.03 bits per heavy atom. The van der Waals surface area contributed by atoms with Crippen LogP contribution in [0.4, 0.5) is 0 Å². The smallest absolute Gasteiger partial charge is 0.247 e. The van der Waals surface area contributed by atoms with Crippen LogP contribution in [0.3, 0.4) is 0 Å². The monoisotopic (exact) mass is 503 g/mol. The lowest BCUT2D eigenvalue weighted by Crippen LogP contribution is -2.50. The molecular weight excluding hydrogens is 470 g/mol. The average Bonchev–Trinajstić information content (AvgIpc) is 3.71. The number of ether oxygens (including phenoxy) is 1. The van der Waals surface area contributed by atoms with Gasteiger partial charge in [0, 0.05) is 30.0 Å². The Balaban J connectivity index is 1.40. The van der Waals surface area contributed by atoms with Crippen LogP contribution in [-0.4, -0.2) is 61.1 Å². The fourth-order valence-corrected chi connectivity index (χ4v) is 5.44. The largest absolute Gasteiger partial charge is 0.497 e. The highest BCUT2D eigenvalue weighted by molar-refractivity contribution is 5.89. The van der Waals surface area contributed by atoms with Crippen molar-refractivity contribution < 1.29 is 14.3 Å². The van der Waals surface area contributed by atoms with Crippen molar-refractivity contribution in [3.05, 3.63) is 54.4 Å². The van der Waals surface area contributed by atoms with Crippen LogP contribution in [0, 0.1) is 0 Å². The van der Waals surface area contributed by atoms with Crippen LogP contribution in [-0.2, 0) is 16.1 Å². The molecule has 10 nitrogen and oxygen atoms in total. The minimum Gasteiger partial charge on any atom is -0.497 e. The number of pyridine rings is 1. The van der Waals surface area contributed by atoms with Crippen molar-refractivity contribution in [2.45, 2.75) is 76.0 Å². The van der Waals surface area contributed by atoms with E-state index >= 15 is 0 Å². The van der Waals surface area contributed by atoms with Gasteiger partial charge in [0.05, 0.1) is 7.11 Å². The molecule has 37 heavy (non-hydrogen) atoms. The Hall–Kier alpha value is -3.82. The van der Waals surface area contributed by atoms with E-state index in [1.54, 1.807) is 24.4 Å². The molecule has 194 valence electrons. The van der Waals surface area contributed by atoms with Crippen LogP contribution in [0.2, 0.25) is 0 Å². The zero-order valence-corrected chi connectivity index (χ0v) is 21.1. The minimum atomic E-state index is -0.733. The second-order valence-corrected chi connectivity index (χ2v) is 9.78. The average molecular weight is 504 g/mol. The summed E-state index contributed by atoms with van der Waals surface area (Å²) >= 11 is 0. The second kappa shape index (κ2) is 11.5. The number of aromatic nitrogens is 5. The van der Waals surface area contributed by atoms with Crippen molar-refractivity contribution in [1.82, 2.24) is 35.4 Å². The van der Waals surface area contributed by atoms with E-state index in [9.17, 15) is 9.59 Å². The van der Waals surface area contributed by atoms with Crippen molar-refractivity contribution >= 4 is 11.8 Å². The zero-order chi connectivity index (χ0) is 25.6. The summed E-state index contributed by atoms with van der Waals surface area (Å²) in [6.07, 6.45) is 11.3. The highest BCUT2D eigenvalue weighted by atomic mass is 16.5. The van der Waals surface area contributed by atoms with E-state index in [-0.39, 0.29) is 30.4 Å². The molecule has 2 aliphatic rings. The third kappa shape index (κ3) is 5.79. The molecule has 0 radical (unpaired) electrons. The predicted molar refractivity (Wildman–Crippen MR) is 136 cm³/mol. The van der Waals surface area contributed by atoms with E-state index in [2.05, 4.69) is 25.7 Å². The second-order valence-electron chi connectivity index (χ2n) is 9.78. The summed E-state index contributed by atoms with van der Waals surface area (Å²) in [6.45, 7) is -0.0993. The molecule has 0 bridgehead atoms. The summed E-state index contributed by atoms with van der Waals surface area (Å²) in [5, 5.41) is 15.9. The Morgan fingerprint density at radius 3 is 2.38 bits per heavy atom. The van der Waals surface area contributed by atoms with Crippen LogP contribution in [0.15, 0.2) is 48.8 Å². The first-order chi connectivity index (χ1) is 18.1. The topological polar surface area (TPSA) is 115 Å². The molecule has 10 heteroatoms. The van der Waals surface area contributed by atoms with Crippen LogP contribution in [0.25, 0.3) is 11.4 Å². The lowest BCUT2D eigenvalue weighted by molar-refractivity contribution is -0.144. The molecule has 1 atom stereocenters. The number of nitrogens with one attached hydrogen (secondary N) is 1. The van der Waals surface area contributed by atoms with Gasteiger partial charge in [-0.2, -0.15) is 4.80 Å². The van der Waals surface area contributed by atoms with E-state index in [1.807, 2.05) is 36.4 Å². The van der Waals surface area contributed by atoms with Crippen LogP contribution in [0.5, 0.6) is 5.75 Å². The van der Waals surface area contributed by atoms with Gasteiger partial charge in [0.2, 0.25) is 17.6 Å². The number of carbonyl (C=O) groups excluding carboxylic acids is 2. The van der Waals surface area contributed by atoms with Crippen LogP contribution in [0.1, 0.15) is 63.0 Å². The lowest BCUT2D eigenvalue weighted by Gasteiger charge is -2.36. The molecule has 0 aliphatic heterocycles. The van der Waals surface area contributed by atoms with Gasteiger partial charge in [-0.3, -0.25) is 14.6 Å². The molecule has 1 N–H and O–H groups in total. The van der Waals surface area contributed by atoms with Crippen molar-refractivity contribution in [2.75, 3.05) is 7.11 Å². The first-order valence-electron chi connectivity index (χ1n) is 13.1. The first-order valence-corrected chi connectivity index (χ1v) is 13.1. The third-order valence-electron chi connectivity index (χ3n) is 7.33. The van der Waals surface area contributed by atoms with Gasteiger partial charge in [0.15, 0.2) is 0 Å². The fourth-order valence-electron chi connectivity index (χ4n) is 5.44. The summed E-state index contributed by atoms with van der Waals surface area (Å²) in [6, 6.07) is 10.4. The minimum absolute atomic E-state index is 0.0235. The molecule has 0 saturated heterocycles. The number of methoxy groups -OCH3 is 1. The van der Waals surface area contributed by atoms with E-state index in [0.717, 1.165) is 68.2 Å². The molecule has 0 unspecified atom stereocenters. The van der Waals surface area contributed by atoms with Crippen LogP contribution < -0.4 is 10.1 Å². The quantitative estimate of drug-likeness (QED) is 0.476. The normalized spacial score (nSPS) is 17.0. The molecule has 2 aromatic heterocycles. The zero-order valence-electron chi connectivity index (χ0n) is 21.1. The molecule has 5 rings (SSSR count). The number of hydrogen-bond acceptors (Lipinski definition) is 7. The maximum absolute atomic E-state index is 13.9. The van der Waals surface area contributed by atoms with Crippen LogP contribution >= 0.6 is 0 Å². The Kier molecular flexibility index (Phi) is 7.72. The van der Waals surface area contributed by atoms with Crippen molar-refractivity contribution in [2.24, 2.45) is 0 Å². The van der Waals surface area contributed by atoms with Gasteiger partial charge in [0.25, 0.3) is 0 Å². The molecule has 3 aromatic rings. The highest BCUT2D eigenvalue weighted by Crippen LogP contribution is 2.32. The first kappa shape index (κ1) is 24.9. The molecule has 2 aliphatic carbocycles. The number of tetrazole rings is 1. The summed E-state index contributed by atoms with van der Waals surface area (Å²) in [7, 11) is 1.61. The number of carbonyl (C=O) groups is 2. The van der Waals surface area contributed by atoms with Gasteiger partial charge >= 0.3 is 0 Å². The number of rotatable bonds is 9. The molecule has 1 aromatic carbocycles. The fraction of sp³-hybridized carbons (Fsp3) is 0.481. The Morgan fingerprint density at radius 2 is 1.70 bits per heavy atom. The summed E-state index contributed by atoms with van der Waals surface area (Å²) in [4.78, 5) is 34.8. The van der Waals surface area contributed by atoms with Gasteiger partial charge in [-0.15, -0.1) is 10.2 Å². The van der Waals surface area contributed by atoms with Crippen molar-refractivity contribution in [3.63, 3.8) is 0 Å². The molecule has 2 fully saturated rings. The number of hydrogen-bond donors (Lipinski definition) is 1. The molecule has 2 saturated carbocycles. The maximum atomic E-state index is 13.9. The number of nitrogens with zero attached hydrogens (tertiary/aromatic N) is 6. The summed E-state index contributed by atoms with van der Waals surface area (Å²) in [5.41, 5.74) is 1.54. The maximum Gasteiger partial charge on any atom is 0.247 e. The van der Waals surface area contributed by atoms with Gasteiger partial charge in [-0.1, -0.05) is 25.7 Å². The van der Waals surface area contributed by atoms with E-state index in [4.69, 9.17) is 4.74 Å². The van der Waals surface area contributed by atoms with E-state index < -0.39 is 6.04 Å². The number of benzene rings is 1. The lowest BCUT2D eigenvalue weighted by atomic mass is 10.0. The summed E-state index contributed by atoms with van der Waals surface area (Å²) in [5.74, 6) is 0.821. The molecule has 2 amide bonds. The Bertz CT molecular complexity index is 1190. The van der Waals surface area contributed by atoms with Gasteiger partial charge in [-0.25, -0.2) is 0 Å². The van der Waals surface area contributed by atoms with Crippen molar-refractivity contribution in [3.8, 4) is 17.1 Å². The molecule has 2 heterocycles. The van der Waals surface area contributed by atoms with Gasteiger partial charge < -0.3 is 15.0 Å². The van der Waals surface area contributed by atoms with E-state index in [0.29, 0.717) is 5.82 Å². The van der Waals surface area contributed by atoms with Gasteiger partial charge in [0.1, 0.15) is 18.3 Å². The van der Waals surface area contributed by atoms with Crippen molar-refractivity contribution in [1.29, 1.82) is 0 Å². The Labute approximate surface area is 216 Å².